The van der Waals surface area contributed by atoms with Crippen LogP contribution in [0.5, 0.6) is 5.75 Å². The lowest BCUT2D eigenvalue weighted by molar-refractivity contribution is -0.120. The van der Waals surface area contributed by atoms with Crippen molar-refractivity contribution in [3.05, 3.63) is 89.0 Å². The fraction of sp³-hybridized carbons (Fsp3) is 0.321. The topological polar surface area (TPSA) is 75.7 Å². The first-order valence-electron chi connectivity index (χ1n) is 11.7. The molecule has 1 heterocycles. The number of hydrogen-bond acceptors (Lipinski definition) is 4. The highest BCUT2D eigenvalue weighted by atomic mass is 32.2. The lowest BCUT2D eigenvalue weighted by Crippen LogP contribution is -2.45. The van der Waals surface area contributed by atoms with Gasteiger partial charge in [-0.25, -0.2) is 8.42 Å². The number of aryl methyl sites for hydroxylation is 3. The van der Waals surface area contributed by atoms with Crippen LogP contribution < -0.4 is 14.4 Å². The number of sulfonamides is 1. The molecule has 0 bridgehead atoms. The number of fused-ring (bicyclic) bond motifs is 1. The van der Waals surface area contributed by atoms with E-state index in [4.69, 9.17) is 4.74 Å². The molecule has 0 spiro atoms. The number of amides is 1. The number of nitrogens with zero attached hydrogens (tertiary/aromatic N) is 1. The van der Waals surface area contributed by atoms with Gasteiger partial charge in [0.2, 0.25) is 5.91 Å². The number of rotatable bonds is 6. The van der Waals surface area contributed by atoms with Crippen LogP contribution in [0.4, 0.5) is 5.69 Å². The lowest BCUT2D eigenvalue weighted by atomic mass is 9.89. The number of anilines is 1. The lowest BCUT2D eigenvalue weighted by Gasteiger charge is -2.38. The second kappa shape index (κ2) is 9.38. The zero-order chi connectivity index (χ0) is 25.4. The molecule has 0 saturated heterocycles. The monoisotopic (exact) mass is 492 g/mol. The number of para-hydroxylation sites is 1. The van der Waals surface area contributed by atoms with E-state index >= 15 is 0 Å². The Kier molecular flexibility index (Phi) is 6.64. The van der Waals surface area contributed by atoms with Crippen molar-refractivity contribution in [1.82, 2.24) is 5.32 Å². The van der Waals surface area contributed by atoms with Gasteiger partial charge < -0.3 is 10.1 Å². The van der Waals surface area contributed by atoms with E-state index in [0.29, 0.717) is 12.1 Å². The molecule has 35 heavy (non-hydrogen) atoms. The predicted molar refractivity (Wildman–Crippen MR) is 138 cm³/mol. The maximum atomic E-state index is 13.7. The molecule has 1 aliphatic heterocycles. The molecule has 7 heteroatoms. The van der Waals surface area contributed by atoms with Crippen molar-refractivity contribution in [2.75, 3.05) is 10.8 Å². The highest BCUT2D eigenvalue weighted by molar-refractivity contribution is 7.92. The quantitative estimate of drug-likeness (QED) is 0.512. The van der Waals surface area contributed by atoms with Gasteiger partial charge in [0.15, 0.2) is 0 Å². The van der Waals surface area contributed by atoms with Crippen LogP contribution in [-0.4, -0.2) is 26.5 Å². The zero-order valence-electron chi connectivity index (χ0n) is 20.8. The summed E-state index contributed by atoms with van der Waals surface area (Å²) in [6.45, 7) is 9.37. The summed E-state index contributed by atoms with van der Waals surface area (Å²) in [4.78, 5) is 13.5. The molecule has 184 valence electrons. The third kappa shape index (κ3) is 5.35. The third-order valence-corrected chi connectivity index (χ3v) is 8.02. The molecule has 0 aliphatic carbocycles. The Balaban J connectivity index is 1.66. The van der Waals surface area contributed by atoms with E-state index in [2.05, 4.69) is 5.32 Å². The molecule has 3 aromatic carbocycles. The Morgan fingerprint density at radius 3 is 2.34 bits per heavy atom. The van der Waals surface area contributed by atoms with E-state index in [1.54, 1.807) is 36.4 Å². The number of ether oxygens (including phenoxy) is 1. The van der Waals surface area contributed by atoms with Crippen molar-refractivity contribution in [1.29, 1.82) is 0 Å². The number of nitrogens with one attached hydrogen (secondary N) is 1. The molecule has 3 aromatic rings. The summed E-state index contributed by atoms with van der Waals surface area (Å²) in [7, 11) is -3.97. The van der Waals surface area contributed by atoms with Crippen molar-refractivity contribution in [2.24, 2.45) is 0 Å². The number of carbonyl (C=O) groups is 1. The first-order valence-corrected chi connectivity index (χ1v) is 13.1. The SMILES string of the molecule is Cc1ccc(S(=O)(=O)N(CC(=O)NC2CC(C)(C)Oc3cc(C)ccc32)c2ccccc2C)cc1. The fourth-order valence-corrected chi connectivity index (χ4v) is 5.92. The van der Waals surface area contributed by atoms with Crippen molar-refractivity contribution in [2.45, 2.75) is 57.6 Å². The predicted octanol–water partition coefficient (Wildman–Crippen LogP) is 5.23. The van der Waals surface area contributed by atoms with Crippen molar-refractivity contribution in [3.8, 4) is 5.75 Å². The molecule has 0 fully saturated rings. The molecule has 1 unspecified atom stereocenters. The fourth-order valence-electron chi connectivity index (χ4n) is 4.44. The van der Waals surface area contributed by atoms with Gasteiger partial charge in [0.25, 0.3) is 10.0 Å². The maximum Gasteiger partial charge on any atom is 0.264 e. The number of hydrogen-bond donors (Lipinski definition) is 1. The van der Waals surface area contributed by atoms with Crippen LogP contribution >= 0.6 is 0 Å². The third-order valence-electron chi connectivity index (χ3n) is 6.24. The highest BCUT2D eigenvalue weighted by Crippen LogP contribution is 2.40. The van der Waals surface area contributed by atoms with Crippen molar-refractivity contribution < 1.29 is 17.9 Å². The molecular weight excluding hydrogens is 460 g/mol. The first kappa shape index (κ1) is 24.8. The largest absolute Gasteiger partial charge is 0.487 e. The Morgan fingerprint density at radius 2 is 1.66 bits per heavy atom. The average Bonchev–Trinajstić information content (AvgIpc) is 2.77. The van der Waals surface area contributed by atoms with E-state index in [9.17, 15) is 13.2 Å². The zero-order valence-corrected chi connectivity index (χ0v) is 21.6. The average molecular weight is 493 g/mol. The molecule has 1 N–H and O–H groups in total. The number of benzene rings is 3. The summed E-state index contributed by atoms with van der Waals surface area (Å²) in [5.41, 5.74) is 3.70. The Bertz CT molecular complexity index is 1350. The van der Waals surface area contributed by atoms with Crippen LogP contribution in [-0.2, 0) is 14.8 Å². The maximum absolute atomic E-state index is 13.7. The Hall–Kier alpha value is -3.32. The molecule has 1 aliphatic rings. The van der Waals surface area contributed by atoms with E-state index in [1.807, 2.05) is 65.0 Å². The van der Waals surface area contributed by atoms with Crippen LogP contribution in [0.3, 0.4) is 0 Å². The van der Waals surface area contributed by atoms with E-state index in [-0.39, 0.29) is 23.4 Å². The minimum absolute atomic E-state index is 0.146. The Morgan fingerprint density at radius 1 is 1.00 bits per heavy atom. The molecule has 1 amide bonds. The van der Waals surface area contributed by atoms with Gasteiger partial charge in [0, 0.05) is 12.0 Å². The standard InChI is InChI=1S/C28H32N2O4S/c1-19-10-13-22(14-11-19)35(32,33)30(25-9-7-6-8-21(25)3)18-27(31)29-24-17-28(4,5)34-26-16-20(2)12-15-23(24)26/h6-16,24H,17-18H2,1-5H3,(H,29,31). The minimum atomic E-state index is -3.97. The summed E-state index contributed by atoms with van der Waals surface area (Å²) in [5.74, 6) is 0.368. The van der Waals surface area contributed by atoms with Gasteiger partial charge in [0.05, 0.1) is 16.6 Å². The van der Waals surface area contributed by atoms with Crippen molar-refractivity contribution in [3.63, 3.8) is 0 Å². The highest BCUT2D eigenvalue weighted by Gasteiger charge is 2.36. The van der Waals surface area contributed by atoms with Gasteiger partial charge in [-0.2, -0.15) is 0 Å². The molecule has 0 radical (unpaired) electrons. The van der Waals surface area contributed by atoms with E-state index in [0.717, 1.165) is 28.0 Å². The summed E-state index contributed by atoms with van der Waals surface area (Å²) in [5, 5.41) is 3.08. The minimum Gasteiger partial charge on any atom is -0.487 e. The van der Waals surface area contributed by atoms with E-state index in [1.165, 1.54) is 4.31 Å². The van der Waals surface area contributed by atoms with Crippen molar-refractivity contribution >= 4 is 21.6 Å². The van der Waals surface area contributed by atoms with E-state index < -0.39 is 15.6 Å². The van der Waals surface area contributed by atoms with Gasteiger partial charge in [-0.05, 0) is 70.0 Å². The molecule has 0 saturated carbocycles. The van der Waals surface area contributed by atoms with Crippen LogP contribution in [0.1, 0.15) is 48.6 Å². The molecule has 4 rings (SSSR count). The summed E-state index contributed by atoms with van der Waals surface area (Å²) < 4.78 is 34.7. The Labute approximate surface area is 208 Å². The van der Waals surface area contributed by atoms with Gasteiger partial charge in [-0.1, -0.05) is 48.0 Å². The van der Waals surface area contributed by atoms with Crippen LogP contribution in [0, 0.1) is 20.8 Å². The van der Waals surface area contributed by atoms with Crippen LogP contribution in [0.15, 0.2) is 71.6 Å². The first-order chi connectivity index (χ1) is 16.5. The van der Waals surface area contributed by atoms with Gasteiger partial charge in [-0.3, -0.25) is 9.10 Å². The van der Waals surface area contributed by atoms with Gasteiger partial charge in [0.1, 0.15) is 17.9 Å². The second-order valence-corrected chi connectivity index (χ2v) is 11.7. The normalized spacial score (nSPS) is 16.7. The molecule has 6 nitrogen and oxygen atoms in total. The summed E-state index contributed by atoms with van der Waals surface area (Å²) in [6.07, 6.45) is 0.573. The van der Waals surface area contributed by atoms with Crippen LogP contribution in [0.25, 0.3) is 0 Å². The smallest absolute Gasteiger partial charge is 0.264 e. The van der Waals surface area contributed by atoms with Crippen LogP contribution in [0.2, 0.25) is 0 Å². The van der Waals surface area contributed by atoms with Gasteiger partial charge >= 0.3 is 0 Å². The molecular formula is C28H32N2O4S. The molecule has 0 aromatic heterocycles. The number of carbonyl (C=O) groups excluding carboxylic acids is 1. The van der Waals surface area contributed by atoms with Gasteiger partial charge in [-0.15, -0.1) is 0 Å². The molecule has 1 atom stereocenters. The summed E-state index contributed by atoms with van der Waals surface area (Å²) in [6, 6.07) is 19.5. The summed E-state index contributed by atoms with van der Waals surface area (Å²) >= 11 is 0. The second-order valence-electron chi connectivity index (χ2n) is 9.84.